The number of sulfonamides is 1. The number of carbonyl (C=O) groups is 1. The van der Waals surface area contributed by atoms with E-state index >= 15 is 0 Å². The average molecular weight is 368 g/mol. The zero-order valence-electron chi connectivity index (χ0n) is 13.6. The molecule has 0 aromatic carbocycles. The summed E-state index contributed by atoms with van der Waals surface area (Å²) >= 11 is 1.42. The van der Waals surface area contributed by atoms with Crippen LogP contribution in [-0.2, 0) is 10.0 Å². The number of aromatic nitrogens is 2. The molecule has 9 heteroatoms. The Morgan fingerprint density at radius 2 is 2.08 bits per heavy atom. The van der Waals surface area contributed by atoms with Crippen molar-refractivity contribution in [1.29, 1.82) is 0 Å². The van der Waals surface area contributed by atoms with Gasteiger partial charge in [-0.05, 0) is 38.1 Å². The fourth-order valence-corrected chi connectivity index (χ4v) is 5.34. The number of amides is 1. The van der Waals surface area contributed by atoms with Gasteiger partial charge in [0, 0.05) is 19.1 Å². The molecule has 24 heavy (non-hydrogen) atoms. The lowest BCUT2D eigenvalue weighted by Gasteiger charge is -2.32. The van der Waals surface area contributed by atoms with Crippen LogP contribution in [0.5, 0.6) is 0 Å². The number of nitrogens with zero attached hydrogens (tertiary/aromatic N) is 2. The lowest BCUT2D eigenvalue weighted by molar-refractivity contribution is 0.0716. The monoisotopic (exact) mass is 368 g/mol. The van der Waals surface area contributed by atoms with Crippen molar-refractivity contribution < 1.29 is 13.2 Å². The molecule has 0 bridgehead atoms. The van der Waals surface area contributed by atoms with Gasteiger partial charge >= 0.3 is 0 Å². The molecule has 3 heterocycles. The van der Waals surface area contributed by atoms with Gasteiger partial charge in [-0.2, -0.15) is 5.10 Å². The van der Waals surface area contributed by atoms with Gasteiger partial charge in [-0.3, -0.25) is 9.89 Å². The third kappa shape index (κ3) is 3.38. The first-order valence-electron chi connectivity index (χ1n) is 7.75. The average Bonchev–Trinajstić information content (AvgIpc) is 3.17. The van der Waals surface area contributed by atoms with E-state index in [0.29, 0.717) is 37.3 Å². The highest BCUT2D eigenvalue weighted by Crippen LogP contribution is 2.21. The lowest BCUT2D eigenvalue weighted by Crippen LogP contribution is -2.46. The number of nitrogens with one attached hydrogen (secondary N) is 2. The molecule has 7 nitrogen and oxygen atoms in total. The van der Waals surface area contributed by atoms with Crippen molar-refractivity contribution in [2.45, 2.75) is 37.6 Å². The van der Waals surface area contributed by atoms with Crippen molar-refractivity contribution in [3.05, 3.63) is 33.8 Å². The number of likely N-dealkylation sites (tertiary alicyclic amines) is 1. The number of thiophene rings is 1. The molecule has 2 N–H and O–H groups in total. The Bertz CT molecular complexity index is 800. The maximum Gasteiger partial charge on any atom is 0.263 e. The number of aryl methyl sites for hydroxylation is 2. The lowest BCUT2D eigenvalue weighted by atomic mass is 10.1. The smallest absolute Gasteiger partial charge is 0.263 e. The zero-order valence-corrected chi connectivity index (χ0v) is 15.2. The molecule has 3 rings (SSSR count). The van der Waals surface area contributed by atoms with E-state index in [2.05, 4.69) is 14.9 Å². The molecule has 130 valence electrons. The Hall–Kier alpha value is -1.71. The Kier molecular flexibility index (Phi) is 4.75. The van der Waals surface area contributed by atoms with E-state index in [-0.39, 0.29) is 16.8 Å². The highest BCUT2D eigenvalue weighted by Gasteiger charge is 2.29. The van der Waals surface area contributed by atoms with Crippen LogP contribution in [-0.4, -0.2) is 48.6 Å². The minimum absolute atomic E-state index is 0.0211. The summed E-state index contributed by atoms with van der Waals surface area (Å²) < 4.78 is 27.9. The third-order valence-corrected chi connectivity index (χ3v) is 6.81. The van der Waals surface area contributed by atoms with E-state index in [0.717, 1.165) is 4.88 Å². The normalized spacial score (nSPS) is 16.5. The third-order valence-electron chi connectivity index (χ3n) is 4.17. The number of carbonyl (C=O) groups excluding carboxylic acids is 1. The minimum Gasteiger partial charge on any atom is -0.338 e. The van der Waals surface area contributed by atoms with E-state index in [1.165, 1.54) is 11.3 Å². The second-order valence-electron chi connectivity index (χ2n) is 5.93. The molecule has 0 unspecified atom stereocenters. The summed E-state index contributed by atoms with van der Waals surface area (Å²) in [7, 11) is -3.60. The molecular weight excluding hydrogens is 348 g/mol. The molecule has 2 aromatic rings. The summed E-state index contributed by atoms with van der Waals surface area (Å²) in [4.78, 5) is 15.0. The molecule has 1 fully saturated rings. The quantitative estimate of drug-likeness (QED) is 0.858. The van der Waals surface area contributed by atoms with Crippen molar-refractivity contribution in [3.63, 3.8) is 0 Å². The first kappa shape index (κ1) is 17.1. The van der Waals surface area contributed by atoms with Gasteiger partial charge in [0.2, 0.25) is 10.0 Å². The molecule has 0 radical (unpaired) electrons. The number of aromatic amines is 1. The van der Waals surface area contributed by atoms with Crippen molar-refractivity contribution >= 4 is 27.3 Å². The second-order valence-corrected chi connectivity index (χ2v) is 8.53. The van der Waals surface area contributed by atoms with E-state index in [1.807, 2.05) is 17.5 Å². The first-order valence-corrected chi connectivity index (χ1v) is 10.1. The summed E-state index contributed by atoms with van der Waals surface area (Å²) in [5.41, 5.74) is 0.996. The fourth-order valence-electron chi connectivity index (χ4n) is 2.97. The topological polar surface area (TPSA) is 95.2 Å². The van der Waals surface area contributed by atoms with Gasteiger partial charge in [0.1, 0.15) is 4.90 Å². The van der Waals surface area contributed by atoms with Crippen molar-refractivity contribution in [1.82, 2.24) is 19.8 Å². The molecular formula is C15H20N4O3S2. The SMILES string of the molecule is Cc1n[nH]c(C)c1S(=O)(=O)NC1CCN(C(=O)c2cccs2)CC1. The zero-order chi connectivity index (χ0) is 17.3. The number of hydrogen-bond acceptors (Lipinski definition) is 5. The van der Waals surface area contributed by atoms with Gasteiger partial charge < -0.3 is 4.90 Å². The summed E-state index contributed by atoms with van der Waals surface area (Å²) in [5.74, 6) is 0.0211. The Morgan fingerprint density at radius 1 is 1.38 bits per heavy atom. The van der Waals surface area contributed by atoms with Crippen LogP contribution in [0.25, 0.3) is 0 Å². The van der Waals surface area contributed by atoms with Crippen LogP contribution in [0, 0.1) is 13.8 Å². The highest BCUT2D eigenvalue weighted by molar-refractivity contribution is 7.89. The van der Waals surface area contributed by atoms with Gasteiger partial charge in [0.25, 0.3) is 5.91 Å². The number of H-pyrrole nitrogens is 1. The molecule has 0 saturated carbocycles. The molecule has 1 amide bonds. The Morgan fingerprint density at radius 3 is 2.62 bits per heavy atom. The van der Waals surface area contributed by atoms with E-state index < -0.39 is 10.0 Å². The highest BCUT2D eigenvalue weighted by atomic mass is 32.2. The van der Waals surface area contributed by atoms with E-state index in [9.17, 15) is 13.2 Å². The molecule has 1 aliphatic rings. The van der Waals surface area contributed by atoms with E-state index in [1.54, 1.807) is 18.7 Å². The van der Waals surface area contributed by atoms with Crippen molar-refractivity contribution in [2.24, 2.45) is 0 Å². The van der Waals surface area contributed by atoms with Crippen LogP contribution in [0.2, 0.25) is 0 Å². The molecule has 0 aliphatic carbocycles. The predicted molar refractivity (Wildman–Crippen MR) is 91.6 cm³/mol. The summed E-state index contributed by atoms with van der Waals surface area (Å²) in [5, 5.41) is 8.52. The number of hydrogen-bond donors (Lipinski definition) is 2. The van der Waals surface area contributed by atoms with Gasteiger partial charge in [-0.1, -0.05) is 6.07 Å². The maximum absolute atomic E-state index is 12.6. The van der Waals surface area contributed by atoms with E-state index in [4.69, 9.17) is 0 Å². The molecule has 2 aromatic heterocycles. The standard InChI is InChI=1S/C15H20N4O3S2/c1-10-14(11(2)17-16-10)24(21,22)18-12-5-7-19(8-6-12)15(20)13-4-3-9-23-13/h3-4,9,12,18H,5-8H2,1-2H3,(H,16,17). The molecule has 0 spiro atoms. The Balaban J connectivity index is 1.62. The van der Waals surface area contributed by atoms with Crippen LogP contribution < -0.4 is 4.72 Å². The van der Waals surface area contributed by atoms with Crippen LogP contribution in [0.1, 0.15) is 33.9 Å². The fraction of sp³-hybridized carbons (Fsp3) is 0.467. The van der Waals surface area contributed by atoms with Crippen molar-refractivity contribution in [3.8, 4) is 0 Å². The van der Waals surface area contributed by atoms with Gasteiger partial charge in [-0.25, -0.2) is 13.1 Å². The summed E-state index contributed by atoms with van der Waals surface area (Å²) in [6.45, 7) is 4.46. The summed E-state index contributed by atoms with van der Waals surface area (Å²) in [6.07, 6.45) is 1.21. The van der Waals surface area contributed by atoms with Gasteiger partial charge in [-0.15, -0.1) is 11.3 Å². The number of piperidine rings is 1. The first-order chi connectivity index (χ1) is 11.4. The van der Waals surface area contributed by atoms with Crippen LogP contribution in [0.3, 0.4) is 0 Å². The maximum atomic E-state index is 12.6. The van der Waals surface area contributed by atoms with Gasteiger partial charge in [0.05, 0.1) is 16.3 Å². The Labute approximate surface area is 145 Å². The molecule has 1 aliphatic heterocycles. The number of rotatable bonds is 4. The van der Waals surface area contributed by atoms with Crippen molar-refractivity contribution in [2.75, 3.05) is 13.1 Å². The second kappa shape index (κ2) is 6.66. The van der Waals surface area contributed by atoms with Crippen LogP contribution in [0.4, 0.5) is 0 Å². The van der Waals surface area contributed by atoms with Crippen LogP contribution in [0.15, 0.2) is 22.4 Å². The molecule has 1 saturated heterocycles. The van der Waals surface area contributed by atoms with Crippen LogP contribution >= 0.6 is 11.3 Å². The largest absolute Gasteiger partial charge is 0.338 e. The van der Waals surface area contributed by atoms with Gasteiger partial charge in [0.15, 0.2) is 0 Å². The summed E-state index contributed by atoms with van der Waals surface area (Å²) in [6, 6.07) is 3.50. The molecule has 0 atom stereocenters. The predicted octanol–water partition coefficient (Wildman–Crippen LogP) is 1.67. The minimum atomic E-state index is -3.60.